The average Bonchev–Trinajstić information content (AvgIpc) is 3.36. The summed E-state index contributed by atoms with van der Waals surface area (Å²) in [5.74, 6) is 0.913. The van der Waals surface area contributed by atoms with Crippen LogP contribution in [0.25, 0.3) is 0 Å². The van der Waals surface area contributed by atoms with E-state index in [-0.39, 0.29) is 31.1 Å². The summed E-state index contributed by atoms with van der Waals surface area (Å²) >= 11 is 0. The van der Waals surface area contributed by atoms with Crippen molar-refractivity contribution in [2.24, 2.45) is 11.8 Å². The molecule has 0 aliphatic rings. The van der Waals surface area contributed by atoms with Crippen LogP contribution in [0.15, 0.2) is 0 Å². The van der Waals surface area contributed by atoms with Gasteiger partial charge in [0.15, 0.2) is 6.10 Å². The van der Waals surface area contributed by atoms with Gasteiger partial charge in [-0.25, -0.2) is 0 Å². The van der Waals surface area contributed by atoms with Gasteiger partial charge in [-0.15, -0.1) is 0 Å². The molecule has 71 heavy (non-hydrogen) atoms. The smallest absolute Gasteiger partial charge is 0.306 e. The van der Waals surface area contributed by atoms with Gasteiger partial charge in [-0.2, -0.15) is 0 Å². The molecule has 0 radical (unpaired) electrons. The molecule has 0 N–H and O–H groups in total. The Morgan fingerprint density at radius 1 is 0.296 bits per heavy atom. The number of carbonyl (C=O) groups excluding carboxylic acids is 3. The molecule has 1 unspecified atom stereocenters. The van der Waals surface area contributed by atoms with Crippen LogP contribution in [0.1, 0.15) is 369 Å². The van der Waals surface area contributed by atoms with Crippen molar-refractivity contribution in [1.82, 2.24) is 0 Å². The van der Waals surface area contributed by atoms with E-state index in [1.807, 2.05) is 0 Å². The summed E-state index contributed by atoms with van der Waals surface area (Å²) in [5.41, 5.74) is 0. The van der Waals surface area contributed by atoms with Crippen molar-refractivity contribution < 1.29 is 28.6 Å². The van der Waals surface area contributed by atoms with Gasteiger partial charge in [0, 0.05) is 19.3 Å². The van der Waals surface area contributed by atoms with E-state index in [0.29, 0.717) is 19.3 Å². The van der Waals surface area contributed by atoms with Crippen molar-refractivity contribution >= 4 is 17.9 Å². The minimum atomic E-state index is -0.764. The monoisotopic (exact) mass is 1000 g/mol. The van der Waals surface area contributed by atoms with Crippen molar-refractivity contribution in [3.63, 3.8) is 0 Å². The molecule has 0 fully saturated rings. The lowest BCUT2D eigenvalue weighted by Crippen LogP contribution is -2.30. The molecule has 422 valence electrons. The zero-order chi connectivity index (χ0) is 51.8. The molecule has 0 spiro atoms. The minimum Gasteiger partial charge on any atom is -0.462 e. The summed E-state index contributed by atoms with van der Waals surface area (Å²) < 4.78 is 17.0. The van der Waals surface area contributed by atoms with Gasteiger partial charge < -0.3 is 14.2 Å². The SMILES string of the molecule is CCCCCCCCCCCCCCCCCCCC(=O)OC[C@@H](COC(=O)CCCCCCCCCCCCCCCCC(C)CC)OC(=O)CCCCCCCCCCCCCCCCCC(C)C. The van der Waals surface area contributed by atoms with Gasteiger partial charge in [0.05, 0.1) is 0 Å². The topological polar surface area (TPSA) is 78.9 Å². The Balaban J connectivity index is 4.30. The third kappa shape index (κ3) is 57.5. The number of unbranched alkanes of at least 4 members (excludes halogenated alkanes) is 43. The quantitative estimate of drug-likeness (QED) is 0.0343. The van der Waals surface area contributed by atoms with Crippen LogP contribution in [0, 0.1) is 11.8 Å². The molecule has 2 atom stereocenters. The predicted octanol–water partition coefficient (Wildman–Crippen LogP) is 21.6. The number of rotatable bonds is 59. The van der Waals surface area contributed by atoms with E-state index in [1.54, 1.807) is 0 Å². The van der Waals surface area contributed by atoms with Crippen molar-refractivity contribution in [2.45, 2.75) is 375 Å². The largest absolute Gasteiger partial charge is 0.462 e. The lowest BCUT2D eigenvalue weighted by atomic mass is 9.99. The van der Waals surface area contributed by atoms with Crippen LogP contribution in [0.3, 0.4) is 0 Å². The fraction of sp³-hybridized carbons (Fsp3) is 0.954. The second-order valence-electron chi connectivity index (χ2n) is 23.1. The second-order valence-corrected chi connectivity index (χ2v) is 23.1. The molecular weight excluding hydrogens is 877 g/mol. The van der Waals surface area contributed by atoms with Gasteiger partial charge in [-0.1, -0.05) is 330 Å². The third-order valence-electron chi connectivity index (χ3n) is 15.3. The van der Waals surface area contributed by atoms with E-state index >= 15 is 0 Å². The fourth-order valence-electron chi connectivity index (χ4n) is 10.1. The van der Waals surface area contributed by atoms with Gasteiger partial charge in [0.25, 0.3) is 0 Å². The first kappa shape index (κ1) is 69.4. The van der Waals surface area contributed by atoms with E-state index in [9.17, 15) is 14.4 Å². The van der Waals surface area contributed by atoms with E-state index in [2.05, 4.69) is 34.6 Å². The second kappa shape index (κ2) is 57.7. The standard InChI is InChI=1S/C65H126O6/c1-6-8-9-10-11-12-13-14-15-16-19-25-30-35-40-45-50-55-63(66)69-58-62(71-65(68)57-52-47-42-37-32-27-20-17-18-23-28-33-38-43-48-53-60(3)4)59-70-64(67)56-51-46-41-36-31-26-22-21-24-29-34-39-44-49-54-61(5)7-2/h60-62H,6-59H2,1-5H3/t61?,62-/m0/s1. The van der Waals surface area contributed by atoms with Gasteiger partial charge in [-0.05, 0) is 31.1 Å². The summed E-state index contributed by atoms with van der Waals surface area (Å²) in [5, 5.41) is 0. The molecule has 0 saturated heterocycles. The molecular formula is C65H126O6. The molecule has 0 amide bonds. The van der Waals surface area contributed by atoms with Gasteiger partial charge in [-0.3, -0.25) is 14.4 Å². The van der Waals surface area contributed by atoms with Crippen LogP contribution in [-0.4, -0.2) is 37.2 Å². The van der Waals surface area contributed by atoms with E-state index in [4.69, 9.17) is 14.2 Å². The van der Waals surface area contributed by atoms with Gasteiger partial charge in [0.2, 0.25) is 0 Å². The maximum Gasteiger partial charge on any atom is 0.306 e. The van der Waals surface area contributed by atoms with Crippen LogP contribution in [0.5, 0.6) is 0 Å². The highest BCUT2D eigenvalue weighted by Gasteiger charge is 2.19. The number of carbonyl (C=O) groups is 3. The first-order chi connectivity index (χ1) is 34.8. The highest BCUT2D eigenvalue weighted by molar-refractivity contribution is 5.71. The molecule has 0 bridgehead atoms. The first-order valence-corrected chi connectivity index (χ1v) is 32.3. The molecule has 6 nitrogen and oxygen atoms in total. The maximum atomic E-state index is 12.9. The number of ether oxygens (including phenoxy) is 3. The Morgan fingerprint density at radius 2 is 0.535 bits per heavy atom. The summed E-state index contributed by atoms with van der Waals surface area (Å²) in [4.78, 5) is 38.3. The highest BCUT2D eigenvalue weighted by atomic mass is 16.6. The Morgan fingerprint density at radius 3 is 0.803 bits per heavy atom. The van der Waals surface area contributed by atoms with Crippen molar-refractivity contribution in [1.29, 1.82) is 0 Å². The number of esters is 3. The summed E-state index contributed by atoms with van der Waals surface area (Å²) in [7, 11) is 0. The van der Waals surface area contributed by atoms with Crippen LogP contribution in [0.2, 0.25) is 0 Å². The van der Waals surface area contributed by atoms with Gasteiger partial charge in [0.1, 0.15) is 13.2 Å². The summed E-state index contributed by atoms with van der Waals surface area (Å²) in [6, 6.07) is 0. The van der Waals surface area contributed by atoms with E-state index < -0.39 is 6.10 Å². The predicted molar refractivity (Wildman–Crippen MR) is 307 cm³/mol. The first-order valence-electron chi connectivity index (χ1n) is 32.3. The highest BCUT2D eigenvalue weighted by Crippen LogP contribution is 2.19. The van der Waals surface area contributed by atoms with Crippen molar-refractivity contribution in [3.05, 3.63) is 0 Å². The molecule has 0 rings (SSSR count). The molecule has 0 saturated carbocycles. The average molecular weight is 1000 g/mol. The zero-order valence-electron chi connectivity index (χ0n) is 48.9. The van der Waals surface area contributed by atoms with Crippen molar-refractivity contribution in [2.75, 3.05) is 13.2 Å². The summed E-state index contributed by atoms with van der Waals surface area (Å²) in [6.45, 7) is 11.5. The van der Waals surface area contributed by atoms with E-state index in [0.717, 1.165) is 69.6 Å². The molecule has 0 aromatic heterocycles. The normalized spacial score (nSPS) is 12.4. The minimum absolute atomic E-state index is 0.0617. The Hall–Kier alpha value is -1.59. The molecule has 0 aliphatic heterocycles. The number of hydrogen-bond acceptors (Lipinski definition) is 6. The lowest BCUT2D eigenvalue weighted by molar-refractivity contribution is -0.167. The summed E-state index contributed by atoms with van der Waals surface area (Å²) in [6.07, 6.45) is 63.8. The van der Waals surface area contributed by atoms with E-state index in [1.165, 1.54) is 257 Å². The molecule has 0 aliphatic carbocycles. The fourth-order valence-corrected chi connectivity index (χ4v) is 10.1. The van der Waals surface area contributed by atoms with Crippen LogP contribution in [-0.2, 0) is 28.6 Å². The zero-order valence-corrected chi connectivity index (χ0v) is 48.9. The third-order valence-corrected chi connectivity index (χ3v) is 15.3. The van der Waals surface area contributed by atoms with Gasteiger partial charge >= 0.3 is 17.9 Å². The van der Waals surface area contributed by atoms with Crippen molar-refractivity contribution in [3.8, 4) is 0 Å². The van der Waals surface area contributed by atoms with Crippen LogP contribution >= 0.6 is 0 Å². The Kier molecular flexibility index (Phi) is 56.4. The molecule has 0 aromatic rings. The maximum absolute atomic E-state index is 12.9. The molecule has 0 heterocycles. The van der Waals surface area contributed by atoms with Crippen LogP contribution in [0.4, 0.5) is 0 Å². The lowest BCUT2D eigenvalue weighted by Gasteiger charge is -2.18. The number of hydrogen-bond donors (Lipinski definition) is 0. The Bertz CT molecular complexity index is 1090. The molecule has 6 heteroatoms. The van der Waals surface area contributed by atoms with Crippen LogP contribution < -0.4 is 0 Å². The molecule has 0 aromatic carbocycles. The Labute approximate surface area is 444 Å².